The molecule has 0 aromatic carbocycles. The Kier molecular flexibility index (Phi) is 2.64. The third kappa shape index (κ3) is 2.01. The molecule has 0 bridgehead atoms. The first-order valence-electron chi connectivity index (χ1n) is 3.65. The van der Waals surface area contributed by atoms with Crippen LogP contribution in [0.3, 0.4) is 0 Å². The summed E-state index contributed by atoms with van der Waals surface area (Å²) >= 11 is 2.90. The minimum absolute atomic E-state index is 0.345. The highest BCUT2D eigenvalue weighted by molar-refractivity contribution is 14.1. The van der Waals surface area contributed by atoms with E-state index in [1.54, 1.807) is 18.2 Å². The Bertz CT molecular complexity index is 438. The Morgan fingerprint density at radius 2 is 2.21 bits per heavy atom. The molecule has 4 nitrogen and oxygen atoms in total. The summed E-state index contributed by atoms with van der Waals surface area (Å²) < 4.78 is 5.97. The molecule has 1 N–H and O–H groups in total. The third-order valence-corrected chi connectivity index (χ3v) is 2.90. The minimum Gasteiger partial charge on any atom is -0.451 e. The van der Waals surface area contributed by atoms with E-state index in [0.717, 1.165) is 15.5 Å². The lowest BCUT2D eigenvalue weighted by atomic mass is 10.4. The SMILES string of the molecule is O=C1NC(=O)/C(=C/c2ccc(I)o2)S1. The molecule has 2 amide bonds. The van der Waals surface area contributed by atoms with Gasteiger partial charge in [-0.25, -0.2) is 0 Å². The smallest absolute Gasteiger partial charge is 0.290 e. The van der Waals surface area contributed by atoms with Gasteiger partial charge in [0.2, 0.25) is 0 Å². The number of rotatable bonds is 1. The van der Waals surface area contributed by atoms with Gasteiger partial charge in [-0.3, -0.25) is 14.9 Å². The lowest BCUT2D eigenvalue weighted by Crippen LogP contribution is -2.17. The Morgan fingerprint density at radius 3 is 2.71 bits per heavy atom. The predicted octanol–water partition coefficient (Wildman–Crippen LogP) is 2.21. The van der Waals surface area contributed by atoms with Gasteiger partial charge in [0.15, 0.2) is 3.77 Å². The molecule has 0 spiro atoms. The topological polar surface area (TPSA) is 59.3 Å². The van der Waals surface area contributed by atoms with E-state index in [0.29, 0.717) is 10.7 Å². The van der Waals surface area contributed by atoms with Gasteiger partial charge in [0.05, 0.1) is 4.91 Å². The number of nitrogens with one attached hydrogen (secondary N) is 1. The number of carbonyl (C=O) groups is 2. The van der Waals surface area contributed by atoms with Crippen LogP contribution in [0.15, 0.2) is 21.5 Å². The van der Waals surface area contributed by atoms with Crippen LogP contribution in [0.4, 0.5) is 4.79 Å². The van der Waals surface area contributed by atoms with Crippen molar-refractivity contribution >= 4 is 51.6 Å². The van der Waals surface area contributed by atoms with Gasteiger partial charge in [-0.15, -0.1) is 0 Å². The fourth-order valence-corrected chi connectivity index (χ4v) is 2.05. The van der Waals surface area contributed by atoms with Gasteiger partial charge in [0.25, 0.3) is 11.1 Å². The second-order valence-electron chi connectivity index (χ2n) is 2.49. The van der Waals surface area contributed by atoms with E-state index in [-0.39, 0.29) is 11.1 Å². The Hall–Kier alpha value is -0.760. The fourth-order valence-electron chi connectivity index (χ4n) is 0.956. The maximum atomic E-state index is 11.1. The molecule has 0 saturated carbocycles. The largest absolute Gasteiger partial charge is 0.451 e. The summed E-state index contributed by atoms with van der Waals surface area (Å²) in [6.07, 6.45) is 1.55. The van der Waals surface area contributed by atoms with Crippen LogP contribution < -0.4 is 5.32 Å². The van der Waals surface area contributed by atoms with E-state index < -0.39 is 0 Å². The number of hydrogen-bond acceptors (Lipinski definition) is 4. The monoisotopic (exact) mass is 321 g/mol. The van der Waals surface area contributed by atoms with E-state index in [1.807, 2.05) is 22.6 Å². The van der Waals surface area contributed by atoms with E-state index in [4.69, 9.17) is 4.42 Å². The van der Waals surface area contributed by atoms with Crippen molar-refractivity contribution in [3.8, 4) is 0 Å². The Morgan fingerprint density at radius 1 is 1.43 bits per heavy atom. The van der Waals surface area contributed by atoms with Crippen molar-refractivity contribution < 1.29 is 14.0 Å². The van der Waals surface area contributed by atoms with Crippen LogP contribution >= 0.6 is 34.4 Å². The summed E-state index contributed by atoms with van der Waals surface area (Å²) in [5.74, 6) is 0.202. The van der Waals surface area contributed by atoms with Gasteiger partial charge in [-0.05, 0) is 46.5 Å². The van der Waals surface area contributed by atoms with E-state index in [9.17, 15) is 9.59 Å². The van der Waals surface area contributed by atoms with Gasteiger partial charge in [0.1, 0.15) is 5.76 Å². The van der Waals surface area contributed by atoms with Gasteiger partial charge >= 0.3 is 0 Å². The van der Waals surface area contributed by atoms with Crippen molar-refractivity contribution in [2.75, 3.05) is 0 Å². The molecule has 0 atom stereocenters. The maximum absolute atomic E-state index is 11.1. The number of amides is 2. The molecular formula is C8H4INO3S. The highest BCUT2D eigenvalue weighted by atomic mass is 127. The van der Waals surface area contributed by atoms with Crippen LogP contribution in [0.2, 0.25) is 0 Å². The second-order valence-corrected chi connectivity index (χ2v) is 4.57. The molecule has 1 fully saturated rings. The van der Waals surface area contributed by atoms with Crippen molar-refractivity contribution in [2.45, 2.75) is 0 Å². The molecule has 2 rings (SSSR count). The molecular weight excluding hydrogens is 317 g/mol. The molecule has 1 aromatic heterocycles. The minimum atomic E-state index is -0.369. The Labute approximate surface area is 97.2 Å². The zero-order valence-electron chi connectivity index (χ0n) is 6.74. The quantitative estimate of drug-likeness (QED) is 0.636. The molecule has 1 aromatic rings. The van der Waals surface area contributed by atoms with Crippen LogP contribution in [-0.4, -0.2) is 11.1 Å². The third-order valence-electron chi connectivity index (χ3n) is 1.51. The van der Waals surface area contributed by atoms with E-state index >= 15 is 0 Å². The van der Waals surface area contributed by atoms with Gasteiger partial charge in [-0.2, -0.15) is 0 Å². The second kappa shape index (κ2) is 3.77. The molecule has 72 valence electrons. The number of furan rings is 1. The molecule has 14 heavy (non-hydrogen) atoms. The van der Waals surface area contributed by atoms with Crippen molar-refractivity contribution in [1.29, 1.82) is 0 Å². The average molecular weight is 321 g/mol. The first kappa shape index (κ1) is 9.78. The summed E-state index contributed by atoms with van der Waals surface area (Å²) in [7, 11) is 0. The van der Waals surface area contributed by atoms with Crippen LogP contribution in [0, 0.1) is 3.77 Å². The summed E-state index contributed by atoms with van der Waals surface area (Å²) in [5.41, 5.74) is 0. The van der Waals surface area contributed by atoms with E-state index in [2.05, 4.69) is 5.32 Å². The lowest BCUT2D eigenvalue weighted by molar-refractivity contribution is -0.115. The zero-order valence-corrected chi connectivity index (χ0v) is 9.72. The van der Waals surface area contributed by atoms with Crippen molar-refractivity contribution in [1.82, 2.24) is 5.32 Å². The zero-order chi connectivity index (χ0) is 10.1. The predicted molar refractivity (Wildman–Crippen MR) is 60.5 cm³/mol. The maximum Gasteiger partial charge on any atom is 0.290 e. The Balaban J connectivity index is 2.27. The number of imide groups is 1. The number of hydrogen-bond donors (Lipinski definition) is 1. The van der Waals surface area contributed by atoms with Gasteiger partial charge in [0, 0.05) is 6.08 Å². The molecule has 0 aliphatic carbocycles. The molecule has 2 heterocycles. The number of carbonyl (C=O) groups excluding carboxylic acids is 2. The lowest BCUT2D eigenvalue weighted by Gasteiger charge is -1.88. The number of halogens is 1. The van der Waals surface area contributed by atoms with Crippen LogP contribution in [0.1, 0.15) is 5.76 Å². The molecule has 1 aliphatic heterocycles. The van der Waals surface area contributed by atoms with Crippen LogP contribution in [0.5, 0.6) is 0 Å². The normalized spacial score (nSPS) is 19.1. The molecule has 6 heteroatoms. The van der Waals surface area contributed by atoms with E-state index in [1.165, 1.54) is 0 Å². The molecule has 1 aliphatic rings. The highest BCUT2D eigenvalue weighted by Crippen LogP contribution is 2.26. The fraction of sp³-hybridized carbons (Fsp3) is 0. The molecule has 0 radical (unpaired) electrons. The number of thioether (sulfide) groups is 1. The summed E-state index contributed by atoms with van der Waals surface area (Å²) in [6.45, 7) is 0. The summed E-state index contributed by atoms with van der Waals surface area (Å²) in [5, 5.41) is 1.82. The molecule has 0 unspecified atom stereocenters. The van der Waals surface area contributed by atoms with Crippen molar-refractivity contribution in [2.24, 2.45) is 0 Å². The first-order valence-corrected chi connectivity index (χ1v) is 5.55. The summed E-state index contributed by atoms with van der Waals surface area (Å²) in [6, 6.07) is 3.53. The molecule has 1 saturated heterocycles. The van der Waals surface area contributed by atoms with Gasteiger partial charge < -0.3 is 4.42 Å². The summed E-state index contributed by atoms with van der Waals surface area (Å²) in [4.78, 5) is 22.3. The van der Waals surface area contributed by atoms with Crippen LogP contribution in [0.25, 0.3) is 6.08 Å². The first-order chi connectivity index (χ1) is 6.65. The standard InChI is InChI=1S/C8H4INO3S/c9-6-2-1-4(13-6)3-5-7(11)10-8(12)14-5/h1-3H,(H,10,11,12)/b5-3-. The van der Waals surface area contributed by atoms with Crippen molar-refractivity contribution in [3.63, 3.8) is 0 Å². The van der Waals surface area contributed by atoms with Crippen LogP contribution in [-0.2, 0) is 4.79 Å². The average Bonchev–Trinajstić information content (AvgIpc) is 2.61. The van der Waals surface area contributed by atoms with Crippen molar-refractivity contribution in [3.05, 3.63) is 26.6 Å². The highest BCUT2D eigenvalue weighted by Gasteiger charge is 2.25. The van der Waals surface area contributed by atoms with Gasteiger partial charge in [-0.1, -0.05) is 0 Å².